The maximum Gasteiger partial charge on any atom is 0.186 e. The van der Waals surface area contributed by atoms with E-state index in [4.69, 9.17) is 0 Å². The van der Waals surface area contributed by atoms with Crippen LogP contribution in [-0.4, -0.2) is 48.4 Å². The van der Waals surface area contributed by atoms with Crippen molar-refractivity contribution in [2.45, 2.75) is 27.2 Å². The molecule has 0 N–H and O–H groups in total. The van der Waals surface area contributed by atoms with Crippen molar-refractivity contribution >= 4 is 22.3 Å². The summed E-state index contributed by atoms with van der Waals surface area (Å²) in [6.45, 7) is 11.2. The zero-order chi connectivity index (χ0) is 13.1. The van der Waals surface area contributed by atoms with Crippen LogP contribution in [0.2, 0.25) is 0 Å². The molecule has 0 radical (unpaired) electrons. The predicted octanol–water partition coefficient (Wildman–Crippen LogP) is 2.19. The molecule has 0 saturated carbocycles. The standard InChI is InChI=1S/C13H21N3OS/c1-4-5-15-6-8-16(9-7-15)13-14-10(2)12(18-13)11(3)17/h4-9H2,1-3H3. The van der Waals surface area contributed by atoms with Crippen LogP contribution in [0.15, 0.2) is 0 Å². The molecule has 0 spiro atoms. The van der Waals surface area contributed by atoms with Crippen LogP contribution < -0.4 is 4.90 Å². The number of aryl methyl sites for hydroxylation is 1. The molecule has 0 amide bonds. The summed E-state index contributed by atoms with van der Waals surface area (Å²) in [5.41, 5.74) is 0.874. The monoisotopic (exact) mass is 267 g/mol. The third-order valence-electron chi connectivity index (χ3n) is 3.29. The van der Waals surface area contributed by atoms with Gasteiger partial charge in [0, 0.05) is 33.1 Å². The Hall–Kier alpha value is -0.940. The zero-order valence-electron chi connectivity index (χ0n) is 11.4. The van der Waals surface area contributed by atoms with Gasteiger partial charge in [0.1, 0.15) is 0 Å². The highest BCUT2D eigenvalue weighted by atomic mass is 32.1. The van der Waals surface area contributed by atoms with Crippen LogP contribution in [-0.2, 0) is 0 Å². The van der Waals surface area contributed by atoms with E-state index in [1.165, 1.54) is 24.3 Å². The van der Waals surface area contributed by atoms with Crippen molar-refractivity contribution in [3.63, 3.8) is 0 Å². The van der Waals surface area contributed by atoms with Crippen molar-refractivity contribution < 1.29 is 4.79 Å². The molecule has 0 bridgehead atoms. The van der Waals surface area contributed by atoms with E-state index in [9.17, 15) is 4.79 Å². The molecule has 1 aliphatic heterocycles. The van der Waals surface area contributed by atoms with Gasteiger partial charge in [0.15, 0.2) is 10.9 Å². The van der Waals surface area contributed by atoms with Crippen molar-refractivity contribution in [3.05, 3.63) is 10.6 Å². The highest BCUT2D eigenvalue weighted by Crippen LogP contribution is 2.27. The number of nitrogens with zero attached hydrogens (tertiary/aromatic N) is 3. The first-order valence-electron chi connectivity index (χ1n) is 6.57. The fourth-order valence-corrected chi connectivity index (χ4v) is 3.34. The first-order valence-corrected chi connectivity index (χ1v) is 7.39. The van der Waals surface area contributed by atoms with Crippen LogP contribution in [0.5, 0.6) is 0 Å². The fraction of sp³-hybridized carbons (Fsp3) is 0.692. The van der Waals surface area contributed by atoms with Crippen molar-refractivity contribution in [2.75, 3.05) is 37.6 Å². The summed E-state index contributed by atoms with van der Waals surface area (Å²) in [5, 5.41) is 1.01. The Labute approximate surface area is 113 Å². The first kappa shape index (κ1) is 13.5. The second-order valence-corrected chi connectivity index (χ2v) is 5.77. The molecule has 1 fully saturated rings. The van der Waals surface area contributed by atoms with Crippen LogP contribution in [0.25, 0.3) is 0 Å². The summed E-state index contributed by atoms with van der Waals surface area (Å²) in [7, 11) is 0. The van der Waals surface area contributed by atoms with Gasteiger partial charge in [0.25, 0.3) is 0 Å². The highest BCUT2D eigenvalue weighted by molar-refractivity contribution is 7.17. The van der Waals surface area contributed by atoms with E-state index in [0.29, 0.717) is 0 Å². The van der Waals surface area contributed by atoms with E-state index < -0.39 is 0 Å². The summed E-state index contributed by atoms with van der Waals surface area (Å²) < 4.78 is 0. The van der Waals surface area contributed by atoms with Crippen molar-refractivity contribution in [3.8, 4) is 0 Å². The Morgan fingerprint density at radius 1 is 1.33 bits per heavy atom. The number of hydrogen-bond acceptors (Lipinski definition) is 5. The molecule has 4 nitrogen and oxygen atoms in total. The molecular formula is C13H21N3OS. The summed E-state index contributed by atoms with van der Waals surface area (Å²) in [6.07, 6.45) is 1.21. The molecule has 2 heterocycles. The van der Waals surface area contributed by atoms with Crippen LogP contribution in [0.1, 0.15) is 35.6 Å². The normalized spacial score (nSPS) is 17.2. The molecule has 5 heteroatoms. The average molecular weight is 267 g/mol. The molecule has 100 valence electrons. The lowest BCUT2D eigenvalue weighted by Gasteiger charge is -2.34. The topological polar surface area (TPSA) is 36.4 Å². The Morgan fingerprint density at radius 2 is 2.00 bits per heavy atom. The fourth-order valence-electron chi connectivity index (χ4n) is 2.32. The largest absolute Gasteiger partial charge is 0.346 e. The van der Waals surface area contributed by atoms with Gasteiger partial charge in [-0.1, -0.05) is 18.3 Å². The van der Waals surface area contributed by atoms with Crippen molar-refractivity contribution in [1.29, 1.82) is 0 Å². The van der Waals surface area contributed by atoms with Gasteiger partial charge in [-0.05, 0) is 19.9 Å². The van der Waals surface area contributed by atoms with Crippen LogP contribution in [0.4, 0.5) is 5.13 Å². The third-order valence-corrected chi connectivity index (χ3v) is 4.61. The summed E-state index contributed by atoms with van der Waals surface area (Å²) >= 11 is 1.54. The van der Waals surface area contributed by atoms with E-state index in [2.05, 4.69) is 21.7 Å². The number of rotatable bonds is 4. The van der Waals surface area contributed by atoms with Gasteiger partial charge in [0.05, 0.1) is 10.6 Å². The van der Waals surface area contributed by atoms with Crippen molar-refractivity contribution in [1.82, 2.24) is 9.88 Å². The number of Topliss-reactive ketones (excluding diaryl/α,β-unsaturated/α-hetero) is 1. The Morgan fingerprint density at radius 3 is 2.50 bits per heavy atom. The van der Waals surface area contributed by atoms with Crippen LogP contribution in [0, 0.1) is 6.92 Å². The molecule has 1 aromatic heterocycles. The van der Waals surface area contributed by atoms with Gasteiger partial charge in [-0.3, -0.25) is 9.69 Å². The van der Waals surface area contributed by atoms with E-state index in [0.717, 1.165) is 41.9 Å². The van der Waals surface area contributed by atoms with Gasteiger partial charge in [0.2, 0.25) is 0 Å². The minimum Gasteiger partial charge on any atom is -0.346 e. The molecule has 0 aliphatic carbocycles. The highest BCUT2D eigenvalue weighted by Gasteiger charge is 2.20. The lowest BCUT2D eigenvalue weighted by molar-refractivity contribution is 0.102. The average Bonchev–Trinajstić information content (AvgIpc) is 2.73. The van der Waals surface area contributed by atoms with Crippen LogP contribution >= 0.6 is 11.3 Å². The number of thiazole rings is 1. The molecular weight excluding hydrogens is 246 g/mol. The number of carbonyl (C=O) groups is 1. The minimum atomic E-state index is 0.126. The second kappa shape index (κ2) is 5.80. The molecule has 18 heavy (non-hydrogen) atoms. The summed E-state index contributed by atoms with van der Waals surface area (Å²) in [6, 6.07) is 0. The van der Waals surface area contributed by atoms with Gasteiger partial charge < -0.3 is 4.90 Å². The predicted molar refractivity (Wildman–Crippen MR) is 75.8 cm³/mol. The SMILES string of the molecule is CCCN1CCN(c2nc(C)c(C(C)=O)s2)CC1. The van der Waals surface area contributed by atoms with E-state index >= 15 is 0 Å². The molecule has 0 aromatic carbocycles. The quantitative estimate of drug-likeness (QED) is 0.784. The van der Waals surface area contributed by atoms with E-state index in [1.807, 2.05) is 6.92 Å². The second-order valence-electron chi connectivity index (χ2n) is 4.80. The summed E-state index contributed by atoms with van der Waals surface area (Å²) in [4.78, 5) is 21.6. The Kier molecular flexibility index (Phi) is 4.35. The first-order chi connectivity index (χ1) is 8.61. The van der Waals surface area contributed by atoms with E-state index in [-0.39, 0.29) is 5.78 Å². The lowest BCUT2D eigenvalue weighted by Crippen LogP contribution is -2.46. The zero-order valence-corrected chi connectivity index (χ0v) is 12.2. The molecule has 1 aromatic rings. The number of hydrogen-bond donors (Lipinski definition) is 0. The summed E-state index contributed by atoms with van der Waals surface area (Å²) in [5.74, 6) is 0.126. The molecule has 1 saturated heterocycles. The maximum atomic E-state index is 11.4. The smallest absolute Gasteiger partial charge is 0.186 e. The number of anilines is 1. The molecule has 1 aliphatic rings. The van der Waals surface area contributed by atoms with E-state index in [1.54, 1.807) is 6.92 Å². The van der Waals surface area contributed by atoms with Gasteiger partial charge in [-0.2, -0.15) is 0 Å². The van der Waals surface area contributed by atoms with Crippen molar-refractivity contribution in [2.24, 2.45) is 0 Å². The maximum absolute atomic E-state index is 11.4. The third kappa shape index (κ3) is 2.90. The number of carbonyl (C=O) groups excluding carboxylic acids is 1. The van der Waals surface area contributed by atoms with Gasteiger partial charge >= 0.3 is 0 Å². The number of ketones is 1. The number of piperazine rings is 1. The Balaban J connectivity index is 2.01. The lowest BCUT2D eigenvalue weighted by atomic mass is 10.3. The molecule has 0 unspecified atom stereocenters. The van der Waals surface area contributed by atoms with Crippen LogP contribution in [0.3, 0.4) is 0 Å². The Bertz CT molecular complexity index is 422. The molecule has 0 atom stereocenters. The minimum absolute atomic E-state index is 0.126. The van der Waals surface area contributed by atoms with Gasteiger partial charge in [-0.15, -0.1) is 0 Å². The molecule has 2 rings (SSSR count). The van der Waals surface area contributed by atoms with Gasteiger partial charge in [-0.25, -0.2) is 4.98 Å². The number of aromatic nitrogens is 1.